The highest BCUT2D eigenvalue weighted by Gasteiger charge is 2.25. The Morgan fingerprint density at radius 1 is 1.00 bits per heavy atom. The number of halogens is 2. The summed E-state index contributed by atoms with van der Waals surface area (Å²) in [6, 6.07) is 19.5. The van der Waals surface area contributed by atoms with Crippen LogP contribution in [0.2, 0.25) is 0 Å². The Kier molecular flexibility index (Phi) is 7.76. The summed E-state index contributed by atoms with van der Waals surface area (Å²) in [7, 11) is 0. The molecule has 0 bridgehead atoms. The quantitative estimate of drug-likeness (QED) is 0.197. The van der Waals surface area contributed by atoms with Gasteiger partial charge < -0.3 is 15.2 Å². The second kappa shape index (κ2) is 10.5. The molecule has 0 aliphatic rings. The van der Waals surface area contributed by atoms with E-state index < -0.39 is 6.61 Å². The van der Waals surface area contributed by atoms with Gasteiger partial charge in [0, 0.05) is 24.2 Å². The number of aliphatic hydroxyl groups is 1. The van der Waals surface area contributed by atoms with Crippen LogP contribution < -0.4 is 14.6 Å². The standard InChI is InChI=1S/C26H26F2N2O2S/c1-26(2,3)20-13-15-30(16-14-20)22(24(33)29-17-18-7-5-4-6-8-18)23(31)19-9-11-21(12-10-19)32-25(27)28/h4-16,25H,17H2,1-3H3,(H-,29,31,33)/p+1. The summed E-state index contributed by atoms with van der Waals surface area (Å²) >= 11 is 5.65. The second-order valence-corrected chi connectivity index (χ2v) is 8.92. The molecule has 0 amide bonds. The maximum atomic E-state index is 12.5. The molecule has 0 radical (unpaired) electrons. The van der Waals surface area contributed by atoms with E-state index in [1.807, 2.05) is 54.9 Å². The lowest BCUT2D eigenvalue weighted by Gasteiger charge is -2.18. The monoisotopic (exact) mass is 469 g/mol. The summed E-state index contributed by atoms with van der Waals surface area (Å²) in [6.45, 7) is 3.93. The van der Waals surface area contributed by atoms with E-state index in [0.29, 0.717) is 22.8 Å². The largest absolute Gasteiger partial charge is 0.502 e. The summed E-state index contributed by atoms with van der Waals surface area (Å²) in [6.07, 6.45) is 3.69. The number of rotatable bonds is 7. The molecule has 0 saturated heterocycles. The van der Waals surface area contributed by atoms with Gasteiger partial charge in [-0.05, 0) is 40.8 Å². The van der Waals surface area contributed by atoms with Crippen molar-refractivity contribution >= 4 is 28.7 Å². The summed E-state index contributed by atoms with van der Waals surface area (Å²) < 4.78 is 31.1. The molecule has 2 N–H and O–H groups in total. The number of alkyl halides is 2. The molecule has 1 heterocycles. The fourth-order valence-corrected chi connectivity index (χ4v) is 3.49. The van der Waals surface area contributed by atoms with Crippen LogP contribution in [0, 0.1) is 0 Å². The first-order chi connectivity index (χ1) is 15.6. The van der Waals surface area contributed by atoms with Gasteiger partial charge in [0.2, 0.25) is 0 Å². The average Bonchev–Trinajstić information content (AvgIpc) is 2.78. The van der Waals surface area contributed by atoms with Gasteiger partial charge >= 0.3 is 6.61 Å². The second-order valence-electron chi connectivity index (χ2n) is 8.51. The molecule has 0 atom stereocenters. The zero-order valence-corrected chi connectivity index (χ0v) is 19.6. The predicted octanol–water partition coefficient (Wildman–Crippen LogP) is 5.87. The number of thiocarbonyl (C=S) groups is 1. The van der Waals surface area contributed by atoms with Gasteiger partial charge in [-0.3, -0.25) is 0 Å². The van der Waals surface area contributed by atoms with E-state index in [0.717, 1.165) is 11.1 Å². The summed E-state index contributed by atoms with van der Waals surface area (Å²) in [4.78, 5) is 0.345. The molecule has 0 aliphatic heterocycles. The Hall–Kier alpha value is -3.32. The van der Waals surface area contributed by atoms with Crippen LogP contribution >= 0.6 is 12.2 Å². The van der Waals surface area contributed by atoms with E-state index in [1.165, 1.54) is 24.3 Å². The molecule has 0 aliphatic carbocycles. The van der Waals surface area contributed by atoms with Gasteiger partial charge in [-0.15, -0.1) is 0 Å². The third-order valence-electron chi connectivity index (χ3n) is 5.04. The number of pyridine rings is 1. The summed E-state index contributed by atoms with van der Waals surface area (Å²) in [5.41, 5.74) is 2.94. The maximum absolute atomic E-state index is 12.5. The van der Waals surface area contributed by atoms with Crippen LogP contribution in [0.1, 0.15) is 37.5 Å². The third-order valence-corrected chi connectivity index (χ3v) is 5.38. The van der Waals surface area contributed by atoms with Gasteiger partial charge in [0.1, 0.15) is 5.75 Å². The van der Waals surface area contributed by atoms with Crippen LogP contribution in [0.4, 0.5) is 8.78 Å². The van der Waals surface area contributed by atoms with E-state index in [-0.39, 0.29) is 16.9 Å². The van der Waals surface area contributed by atoms with E-state index in [9.17, 15) is 13.9 Å². The molecule has 3 rings (SSSR count). The van der Waals surface area contributed by atoms with Crippen molar-refractivity contribution in [2.24, 2.45) is 0 Å². The van der Waals surface area contributed by atoms with Crippen molar-refractivity contribution in [2.45, 2.75) is 39.3 Å². The fraction of sp³-hybridized carbons (Fsp3) is 0.231. The Morgan fingerprint density at radius 2 is 1.61 bits per heavy atom. The molecule has 0 fully saturated rings. The molecule has 0 unspecified atom stereocenters. The molecule has 1 aromatic heterocycles. The van der Waals surface area contributed by atoms with Crippen molar-refractivity contribution < 1.29 is 23.2 Å². The summed E-state index contributed by atoms with van der Waals surface area (Å²) in [5, 5.41) is 14.3. The Bertz CT molecular complexity index is 1110. The average molecular weight is 470 g/mol. The first kappa shape index (κ1) is 24.3. The van der Waals surface area contributed by atoms with Gasteiger partial charge in [-0.2, -0.15) is 13.3 Å². The Labute approximate surface area is 198 Å². The topological polar surface area (TPSA) is 45.4 Å². The van der Waals surface area contributed by atoms with E-state index in [1.54, 1.807) is 4.57 Å². The van der Waals surface area contributed by atoms with Crippen LogP contribution in [-0.2, 0) is 12.0 Å². The highest BCUT2D eigenvalue weighted by molar-refractivity contribution is 7.81. The molecule has 33 heavy (non-hydrogen) atoms. The maximum Gasteiger partial charge on any atom is 0.387 e. The highest BCUT2D eigenvalue weighted by Crippen LogP contribution is 2.23. The third kappa shape index (κ3) is 6.58. The molecule has 7 heteroatoms. The normalized spacial score (nSPS) is 12.3. The first-order valence-corrected chi connectivity index (χ1v) is 10.9. The van der Waals surface area contributed by atoms with Gasteiger partial charge in [0.15, 0.2) is 23.1 Å². The number of nitrogens with one attached hydrogen (secondary N) is 1. The van der Waals surface area contributed by atoms with Gasteiger partial charge in [-0.1, -0.05) is 63.3 Å². The molecule has 0 saturated carbocycles. The molecule has 172 valence electrons. The van der Waals surface area contributed by atoms with Crippen LogP contribution in [0.5, 0.6) is 5.75 Å². The van der Waals surface area contributed by atoms with Crippen molar-refractivity contribution in [3.63, 3.8) is 0 Å². The Balaban J connectivity index is 1.97. The number of nitrogens with zero attached hydrogens (tertiary/aromatic N) is 1. The number of ether oxygens (including phenoxy) is 1. The zero-order chi connectivity index (χ0) is 24.0. The van der Waals surface area contributed by atoms with E-state index in [2.05, 4.69) is 30.8 Å². The molecule has 3 aromatic rings. The first-order valence-electron chi connectivity index (χ1n) is 10.5. The van der Waals surface area contributed by atoms with Gasteiger partial charge in [0.05, 0.1) is 0 Å². The van der Waals surface area contributed by atoms with Crippen molar-refractivity contribution in [1.29, 1.82) is 0 Å². The van der Waals surface area contributed by atoms with Gasteiger partial charge in [0.25, 0.3) is 5.70 Å². The van der Waals surface area contributed by atoms with E-state index in [4.69, 9.17) is 12.2 Å². The number of hydrogen-bond acceptors (Lipinski definition) is 3. The van der Waals surface area contributed by atoms with E-state index >= 15 is 0 Å². The van der Waals surface area contributed by atoms with Crippen molar-refractivity contribution in [2.75, 3.05) is 0 Å². The minimum atomic E-state index is -2.91. The molecule has 0 spiro atoms. The Morgan fingerprint density at radius 3 is 2.15 bits per heavy atom. The van der Waals surface area contributed by atoms with Crippen LogP contribution in [0.15, 0.2) is 79.1 Å². The minimum Gasteiger partial charge on any atom is -0.502 e. The lowest BCUT2D eigenvalue weighted by Crippen LogP contribution is -2.41. The van der Waals surface area contributed by atoms with Crippen LogP contribution in [0.25, 0.3) is 11.5 Å². The van der Waals surface area contributed by atoms with Crippen LogP contribution in [0.3, 0.4) is 0 Å². The lowest BCUT2D eigenvalue weighted by atomic mass is 9.88. The van der Waals surface area contributed by atoms with Gasteiger partial charge in [-0.25, -0.2) is 0 Å². The molecular formula is C26H27F2N2O2S+. The highest BCUT2D eigenvalue weighted by atomic mass is 32.1. The number of benzene rings is 2. The molecule has 2 aromatic carbocycles. The zero-order valence-electron chi connectivity index (χ0n) is 18.8. The summed E-state index contributed by atoms with van der Waals surface area (Å²) in [5.74, 6) is -0.0762. The van der Waals surface area contributed by atoms with Crippen LogP contribution in [-0.4, -0.2) is 16.7 Å². The lowest BCUT2D eigenvalue weighted by molar-refractivity contribution is -0.576. The molecule has 4 nitrogen and oxygen atoms in total. The molecular weight excluding hydrogens is 442 g/mol. The number of aromatic nitrogens is 1. The fourth-order valence-electron chi connectivity index (χ4n) is 3.22. The van der Waals surface area contributed by atoms with Crippen molar-refractivity contribution in [3.8, 4) is 5.75 Å². The SMILES string of the molecule is CC(C)(C)c1cc[n+](/C(C(=S)NCc2ccccc2)=C(/O)c2ccc(OC(F)F)cc2)cc1. The van der Waals surface area contributed by atoms with Crippen molar-refractivity contribution in [1.82, 2.24) is 5.32 Å². The smallest absolute Gasteiger partial charge is 0.387 e. The predicted molar refractivity (Wildman–Crippen MR) is 130 cm³/mol. The van der Waals surface area contributed by atoms with Crippen molar-refractivity contribution in [3.05, 3.63) is 95.8 Å². The minimum absolute atomic E-state index is 0.00932. The number of aliphatic hydroxyl groups excluding tert-OH is 1. The number of hydrogen-bond donors (Lipinski definition) is 2.